The van der Waals surface area contributed by atoms with E-state index in [2.05, 4.69) is 46.4 Å². The number of anilines is 1. The summed E-state index contributed by atoms with van der Waals surface area (Å²) in [4.78, 5) is 14.5. The van der Waals surface area contributed by atoms with Crippen LogP contribution >= 0.6 is 0 Å². The molecule has 1 aliphatic heterocycles. The topological polar surface area (TPSA) is 84.1 Å². The Balaban J connectivity index is 1.56. The van der Waals surface area contributed by atoms with Crippen molar-refractivity contribution >= 4 is 11.7 Å². The van der Waals surface area contributed by atoms with Gasteiger partial charge in [0.15, 0.2) is 5.82 Å². The van der Waals surface area contributed by atoms with Gasteiger partial charge in [0.25, 0.3) is 0 Å². The molecule has 0 spiro atoms. The van der Waals surface area contributed by atoms with Crippen molar-refractivity contribution < 1.29 is 4.79 Å². The lowest BCUT2D eigenvalue weighted by Gasteiger charge is -2.17. The number of amides is 1. The van der Waals surface area contributed by atoms with E-state index in [-0.39, 0.29) is 18.0 Å². The Morgan fingerprint density at radius 2 is 1.92 bits per heavy atom. The summed E-state index contributed by atoms with van der Waals surface area (Å²) in [5, 5.41) is 11.4. The molecule has 0 aliphatic carbocycles. The number of hydrogen-bond acceptors (Lipinski definition) is 5. The normalized spacial score (nSPS) is 19.8. The molecule has 1 aromatic carbocycles. The zero-order valence-corrected chi connectivity index (χ0v) is 15.6. The van der Waals surface area contributed by atoms with Crippen molar-refractivity contribution in [3.05, 3.63) is 53.2 Å². The predicted octanol–water partition coefficient (Wildman–Crippen LogP) is 1.78. The van der Waals surface area contributed by atoms with Crippen LogP contribution in [0.5, 0.6) is 0 Å². The van der Waals surface area contributed by atoms with Crippen LogP contribution in [0.2, 0.25) is 0 Å². The van der Waals surface area contributed by atoms with Crippen molar-refractivity contribution in [1.29, 1.82) is 0 Å². The third kappa shape index (κ3) is 4.38. The Kier molecular flexibility index (Phi) is 5.52. The number of nitrogens with one attached hydrogen (secondary N) is 1. The molecule has 2 heterocycles. The van der Waals surface area contributed by atoms with Gasteiger partial charge in [-0.25, -0.2) is 0 Å². The quantitative estimate of drug-likeness (QED) is 0.856. The summed E-state index contributed by atoms with van der Waals surface area (Å²) in [6, 6.07) is 11.9. The monoisotopic (exact) mass is 353 g/mol. The van der Waals surface area contributed by atoms with E-state index in [1.54, 1.807) is 0 Å². The lowest BCUT2D eigenvalue weighted by molar-refractivity contribution is -0.121. The van der Waals surface area contributed by atoms with E-state index >= 15 is 0 Å². The Bertz CT molecular complexity index is 742. The smallest absolute Gasteiger partial charge is 0.224 e. The molecule has 3 N–H and O–H groups in total. The van der Waals surface area contributed by atoms with Gasteiger partial charge in [0.2, 0.25) is 5.91 Å². The van der Waals surface area contributed by atoms with Crippen molar-refractivity contribution in [2.45, 2.75) is 45.2 Å². The van der Waals surface area contributed by atoms with E-state index in [1.807, 2.05) is 31.2 Å². The number of aromatic nitrogens is 2. The third-order valence-electron chi connectivity index (χ3n) is 4.83. The fourth-order valence-corrected chi connectivity index (χ4v) is 3.19. The number of carbonyl (C=O) groups is 1. The third-order valence-corrected chi connectivity index (χ3v) is 4.83. The summed E-state index contributed by atoms with van der Waals surface area (Å²) in [5.41, 5.74) is 9.40. The highest BCUT2D eigenvalue weighted by atomic mass is 16.1. The maximum Gasteiger partial charge on any atom is 0.224 e. The molecule has 1 fully saturated rings. The Morgan fingerprint density at radius 3 is 2.54 bits per heavy atom. The largest absolute Gasteiger partial charge is 0.351 e. The second-order valence-electron chi connectivity index (χ2n) is 7.35. The summed E-state index contributed by atoms with van der Waals surface area (Å²) in [6.45, 7) is 7.53. The molecular formula is C20H27N5O. The van der Waals surface area contributed by atoms with Crippen molar-refractivity contribution in [3.63, 3.8) is 0 Å². The first-order chi connectivity index (χ1) is 12.4. The minimum atomic E-state index is -0.120. The SMILES string of the molecule is Cc1ccc(N2C[C@H](NC(=O)Cc3ccc(C(C)C)cc3)[C@@H](N)C2)nn1. The molecule has 6 nitrogen and oxygen atoms in total. The van der Waals surface area contributed by atoms with Crippen molar-refractivity contribution in [3.8, 4) is 0 Å². The van der Waals surface area contributed by atoms with E-state index in [9.17, 15) is 4.79 Å². The Labute approximate surface area is 154 Å². The molecule has 3 rings (SSSR count). The zero-order valence-electron chi connectivity index (χ0n) is 15.6. The van der Waals surface area contributed by atoms with Gasteiger partial charge in [-0.3, -0.25) is 4.79 Å². The summed E-state index contributed by atoms with van der Waals surface area (Å²) >= 11 is 0. The molecule has 1 saturated heterocycles. The highest BCUT2D eigenvalue weighted by Crippen LogP contribution is 2.18. The van der Waals surface area contributed by atoms with Gasteiger partial charge in [-0.2, -0.15) is 5.10 Å². The first-order valence-corrected chi connectivity index (χ1v) is 9.11. The van der Waals surface area contributed by atoms with Gasteiger partial charge < -0.3 is 16.0 Å². The number of rotatable bonds is 5. The van der Waals surface area contributed by atoms with Crippen molar-refractivity contribution in [2.75, 3.05) is 18.0 Å². The van der Waals surface area contributed by atoms with Crippen LogP contribution in [0.3, 0.4) is 0 Å². The lowest BCUT2D eigenvalue weighted by Crippen LogP contribution is -2.47. The molecule has 1 aliphatic rings. The Hall–Kier alpha value is -2.47. The Morgan fingerprint density at radius 1 is 1.19 bits per heavy atom. The molecule has 2 aromatic rings. The van der Waals surface area contributed by atoms with Crippen LogP contribution in [0.25, 0.3) is 0 Å². The van der Waals surface area contributed by atoms with Gasteiger partial charge in [0, 0.05) is 19.1 Å². The number of nitrogens with zero attached hydrogens (tertiary/aromatic N) is 3. The predicted molar refractivity (Wildman–Crippen MR) is 103 cm³/mol. The summed E-state index contributed by atoms with van der Waals surface area (Å²) in [5.74, 6) is 1.29. The van der Waals surface area contributed by atoms with Crippen LogP contribution < -0.4 is 16.0 Å². The van der Waals surface area contributed by atoms with Crippen LogP contribution in [-0.2, 0) is 11.2 Å². The fraction of sp³-hybridized carbons (Fsp3) is 0.450. The van der Waals surface area contributed by atoms with Gasteiger partial charge in [0.05, 0.1) is 18.2 Å². The maximum absolute atomic E-state index is 12.4. The highest BCUT2D eigenvalue weighted by molar-refractivity contribution is 5.79. The van der Waals surface area contributed by atoms with Crippen LogP contribution in [0.15, 0.2) is 36.4 Å². The number of hydrogen-bond donors (Lipinski definition) is 2. The molecule has 138 valence electrons. The molecular weight excluding hydrogens is 326 g/mol. The highest BCUT2D eigenvalue weighted by Gasteiger charge is 2.32. The van der Waals surface area contributed by atoms with Crippen molar-refractivity contribution in [1.82, 2.24) is 15.5 Å². The van der Waals surface area contributed by atoms with Crippen LogP contribution in [0.1, 0.15) is 36.6 Å². The fourth-order valence-electron chi connectivity index (χ4n) is 3.19. The molecule has 0 bridgehead atoms. The van der Waals surface area contributed by atoms with Gasteiger partial charge in [-0.15, -0.1) is 5.10 Å². The molecule has 0 radical (unpaired) electrons. The van der Waals surface area contributed by atoms with E-state index in [0.29, 0.717) is 25.4 Å². The van der Waals surface area contributed by atoms with Crippen LogP contribution in [0, 0.1) is 6.92 Å². The minimum absolute atomic E-state index is 0.000382. The standard InChI is InChI=1S/C20H27N5O/c1-13(2)16-7-5-15(6-8-16)10-20(26)22-18-12-25(11-17(18)21)19-9-4-14(3)23-24-19/h4-9,13,17-18H,10-12,21H2,1-3H3,(H,22,26)/t17-,18-/m0/s1. The van der Waals surface area contributed by atoms with E-state index in [1.165, 1.54) is 5.56 Å². The second kappa shape index (κ2) is 7.83. The van der Waals surface area contributed by atoms with E-state index in [4.69, 9.17) is 5.73 Å². The average Bonchev–Trinajstić information content (AvgIpc) is 2.96. The lowest BCUT2D eigenvalue weighted by atomic mass is 10.0. The average molecular weight is 353 g/mol. The number of carbonyl (C=O) groups excluding carboxylic acids is 1. The molecule has 26 heavy (non-hydrogen) atoms. The van der Waals surface area contributed by atoms with Gasteiger partial charge in [-0.05, 0) is 36.1 Å². The summed E-state index contributed by atoms with van der Waals surface area (Å²) in [6.07, 6.45) is 0.367. The van der Waals surface area contributed by atoms with Crippen LogP contribution in [0.4, 0.5) is 5.82 Å². The number of benzene rings is 1. The van der Waals surface area contributed by atoms with Gasteiger partial charge >= 0.3 is 0 Å². The first-order valence-electron chi connectivity index (χ1n) is 9.11. The molecule has 6 heteroatoms. The first kappa shape index (κ1) is 18.3. The molecule has 2 atom stereocenters. The van der Waals surface area contributed by atoms with Crippen LogP contribution in [-0.4, -0.2) is 41.3 Å². The number of aryl methyl sites for hydroxylation is 1. The minimum Gasteiger partial charge on any atom is -0.351 e. The van der Waals surface area contributed by atoms with Gasteiger partial charge in [-0.1, -0.05) is 38.1 Å². The molecule has 1 amide bonds. The zero-order chi connectivity index (χ0) is 18.7. The summed E-state index contributed by atoms with van der Waals surface area (Å²) < 4.78 is 0. The number of nitrogens with two attached hydrogens (primary N) is 1. The summed E-state index contributed by atoms with van der Waals surface area (Å²) in [7, 11) is 0. The molecule has 1 aromatic heterocycles. The maximum atomic E-state index is 12.4. The van der Waals surface area contributed by atoms with E-state index in [0.717, 1.165) is 17.1 Å². The second-order valence-corrected chi connectivity index (χ2v) is 7.35. The molecule has 0 unspecified atom stereocenters. The van der Waals surface area contributed by atoms with Crippen molar-refractivity contribution in [2.24, 2.45) is 5.73 Å². The van der Waals surface area contributed by atoms with Gasteiger partial charge in [0.1, 0.15) is 0 Å². The molecule has 0 saturated carbocycles. The van der Waals surface area contributed by atoms with E-state index < -0.39 is 0 Å².